The molecule has 5 nitrogen and oxygen atoms in total. The van der Waals surface area contributed by atoms with Crippen LogP contribution >= 0.6 is 0 Å². The number of nitrogens with zero attached hydrogens (tertiary/aromatic N) is 3. The number of urea groups is 1. The highest BCUT2D eigenvalue weighted by atomic mass is 16.2. The van der Waals surface area contributed by atoms with Gasteiger partial charge in [-0.1, -0.05) is 39.0 Å². The fraction of sp³-hybridized carbons (Fsp3) is 0.520. The molecule has 2 amide bonds. The third-order valence-electron chi connectivity index (χ3n) is 5.68. The molecule has 2 aromatic rings. The molecule has 0 aliphatic heterocycles. The van der Waals surface area contributed by atoms with Crippen LogP contribution in [0.4, 0.5) is 10.5 Å². The third kappa shape index (κ3) is 7.45. The van der Waals surface area contributed by atoms with Crippen molar-refractivity contribution in [1.29, 1.82) is 0 Å². The number of pyridine rings is 1. The van der Waals surface area contributed by atoms with Gasteiger partial charge in [0.05, 0.1) is 12.2 Å². The van der Waals surface area contributed by atoms with E-state index in [9.17, 15) is 4.79 Å². The average molecular weight is 411 g/mol. The van der Waals surface area contributed by atoms with Crippen molar-refractivity contribution in [1.82, 2.24) is 14.8 Å². The van der Waals surface area contributed by atoms with Crippen LogP contribution in [0.1, 0.15) is 57.5 Å². The molecule has 1 aromatic carbocycles. The normalized spacial score (nSPS) is 12.1. The number of carbonyl (C=O) groups is 1. The van der Waals surface area contributed by atoms with Crippen molar-refractivity contribution < 1.29 is 4.79 Å². The maximum atomic E-state index is 13.2. The molecule has 0 radical (unpaired) electrons. The smallest absolute Gasteiger partial charge is 0.316 e. The Bertz CT molecular complexity index is 771. The monoisotopic (exact) mass is 410 g/mol. The first-order chi connectivity index (χ1) is 14.5. The molecule has 1 aromatic heterocycles. The van der Waals surface area contributed by atoms with E-state index < -0.39 is 0 Å². The standard InChI is InChI=1S/C25H38N4O/c1-6-22-14-16-23(17-15-22)27-25(30)29(19-24-13-9-11-20(4)26-24)21(5)12-10-18-28(7-2)8-3/h9,11,13-17,21H,6-8,10,12,18-19H2,1-5H3,(H,27,30). The minimum absolute atomic E-state index is 0.0714. The van der Waals surface area contributed by atoms with Crippen molar-refractivity contribution in [3.8, 4) is 0 Å². The van der Waals surface area contributed by atoms with Gasteiger partial charge in [-0.15, -0.1) is 0 Å². The number of anilines is 1. The molecule has 0 spiro atoms. The van der Waals surface area contributed by atoms with Crippen LogP contribution in [-0.4, -0.2) is 46.5 Å². The Morgan fingerprint density at radius 2 is 1.77 bits per heavy atom. The number of carbonyl (C=O) groups excluding carboxylic acids is 1. The van der Waals surface area contributed by atoms with E-state index in [1.54, 1.807) is 0 Å². The van der Waals surface area contributed by atoms with Crippen molar-refractivity contribution in [2.75, 3.05) is 25.0 Å². The van der Waals surface area contributed by atoms with E-state index in [1.165, 1.54) is 5.56 Å². The number of hydrogen-bond acceptors (Lipinski definition) is 3. The minimum Gasteiger partial charge on any atom is -0.316 e. The first kappa shape index (κ1) is 23.9. The van der Waals surface area contributed by atoms with Gasteiger partial charge in [-0.05, 0) is 82.6 Å². The highest BCUT2D eigenvalue weighted by Crippen LogP contribution is 2.16. The van der Waals surface area contributed by atoms with Crippen molar-refractivity contribution in [2.24, 2.45) is 0 Å². The molecule has 0 saturated carbocycles. The lowest BCUT2D eigenvalue weighted by atomic mass is 10.1. The molecule has 0 saturated heterocycles. The van der Waals surface area contributed by atoms with E-state index in [0.29, 0.717) is 6.54 Å². The Labute approximate surface area is 182 Å². The number of nitrogens with one attached hydrogen (secondary N) is 1. The highest BCUT2D eigenvalue weighted by Gasteiger charge is 2.21. The second-order valence-electron chi connectivity index (χ2n) is 7.90. The number of rotatable bonds is 11. The zero-order valence-corrected chi connectivity index (χ0v) is 19.3. The molecule has 2 rings (SSSR count). The van der Waals surface area contributed by atoms with E-state index in [1.807, 2.05) is 42.2 Å². The lowest BCUT2D eigenvalue weighted by molar-refractivity contribution is 0.180. The SMILES string of the molecule is CCc1ccc(NC(=O)N(Cc2cccc(C)n2)C(C)CCCN(CC)CC)cc1. The van der Waals surface area contributed by atoms with Gasteiger partial charge in [0, 0.05) is 17.4 Å². The van der Waals surface area contributed by atoms with Gasteiger partial charge in [-0.25, -0.2) is 4.79 Å². The molecule has 0 aliphatic carbocycles. The van der Waals surface area contributed by atoms with Gasteiger partial charge in [0.1, 0.15) is 0 Å². The molecule has 0 aliphatic rings. The average Bonchev–Trinajstić information content (AvgIpc) is 2.75. The van der Waals surface area contributed by atoms with Gasteiger partial charge in [-0.2, -0.15) is 0 Å². The number of hydrogen-bond donors (Lipinski definition) is 1. The van der Waals surface area contributed by atoms with Crippen LogP contribution in [-0.2, 0) is 13.0 Å². The van der Waals surface area contributed by atoms with Crippen LogP contribution in [0, 0.1) is 6.92 Å². The zero-order valence-electron chi connectivity index (χ0n) is 19.3. The Hall–Kier alpha value is -2.40. The maximum absolute atomic E-state index is 13.2. The predicted molar refractivity (Wildman–Crippen MR) is 126 cm³/mol. The fourth-order valence-corrected chi connectivity index (χ4v) is 3.61. The molecule has 1 N–H and O–H groups in total. The van der Waals surface area contributed by atoms with Crippen LogP contribution in [0.5, 0.6) is 0 Å². The summed E-state index contributed by atoms with van der Waals surface area (Å²) in [4.78, 5) is 22.1. The van der Waals surface area contributed by atoms with Crippen molar-refractivity contribution in [3.63, 3.8) is 0 Å². The molecule has 1 heterocycles. The molecule has 1 unspecified atom stereocenters. The van der Waals surface area contributed by atoms with Gasteiger partial charge in [0.2, 0.25) is 0 Å². The summed E-state index contributed by atoms with van der Waals surface area (Å²) < 4.78 is 0. The largest absolute Gasteiger partial charge is 0.322 e. The van der Waals surface area contributed by atoms with Gasteiger partial charge >= 0.3 is 6.03 Å². The summed E-state index contributed by atoms with van der Waals surface area (Å²) in [6.45, 7) is 14.3. The lowest BCUT2D eigenvalue weighted by Gasteiger charge is -2.30. The molecule has 1 atom stereocenters. The Kier molecular flexibility index (Phi) is 9.81. The van der Waals surface area contributed by atoms with E-state index in [0.717, 1.165) is 56.0 Å². The Morgan fingerprint density at radius 1 is 1.07 bits per heavy atom. The summed E-state index contributed by atoms with van der Waals surface area (Å²) in [5.41, 5.74) is 3.98. The summed E-state index contributed by atoms with van der Waals surface area (Å²) in [6.07, 6.45) is 3.02. The predicted octanol–water partition coefficient (Wildman–Crippen LogP) is 5.50. The highest BCUT2D eigenvalue weighted by molar-refractivity contribution is 5.89. The Balaban J connectivity index is 2.09. The number of aryl methyl sites for hydroxylation is 2. The molecule has 0 fully saturated rings. The van der Waals surface area contributed by atoms with E-state index in [2.05, 4.69) is 55.0 Å². The Morgan fingerprint density at radius 3 is 2.37 bits per heavy atom. The van der Waals surface area contributed by atoms with Gasteiger partial charge < -0.3 is 15.1 Å². The van der Waals surface area contributed by atoms with Crippen LogP contribution in [0.15, 0.2) is 42.5 Å². The summed E-state index contributed by atoms with van der Waals surface area (Å²) >= 11 is 0. The van der Waals surface area contributed by atoms with Crippen LogP contribution in [0.3, 0.4) is 0 Å². The maximum Gasteiger partial charge on any atom is 0.322 e. The summed E-state index contributed by atoms with van der Waals surface area (Å²) in [7, 11) is 0. The van der Waals surface area contributed by atoms with Crippen molar-refractivity contribution in [3.05, 3.63) is 59.4 Å². The molecule has 5 heteroatoms. The molecule has 30 heavy (non-hydrogen) atoms. The molecule has 164 valence electrons. The lowest BCUT2D eigenvalue weighted by Crippen LogP contribution is -2.41. The summed E-state index contributed by atoms with van der Waals surface area (Å²) in [5, 5.41) is 3.08. The topological polar surface area (TPSA) is 48.5 Å². The zero-order chi connectivity index (χ0) is 21.9. The van der Waals surface area contributed by atoms with Gasteiger partial charge in [-0.3, -0.25) is 4.98 Å². The second-order valence-corrected chi connectivity index (χ2v) is 7.90. The molecular formula is C25H38N4O. The van der Waals surface area contributed by atoms with E-state index >= 15 is 0 Å². The number of benzene rings is 1. The number of aromatic nitrogens is 1. The van der Waals surface area contributed by atoms with Crippen molar-refractivity contribution in [2.45, 2.75) is 66.5 Å². The van der Waals surface area contributed by atoms with Gasteiger partial charge in [0.25, 0.3) is 0 Å². The van der Waals surface area contributed by atoms with E-state index in [4.69, 9.17) is 0 Å². The second kappa shape index (κ2) is 12.3. The summed E-state index contributed by atoms with van der Waals surface area (Å²) in [5.74, 6) is 0. The fourth-order valence-electron chi connectivity index (χ4n) is 3.61. The summed E-state index contributed by atoms with van der Waals surface area (Å²) in [6, 6.07) is 14.1. The van der Waals surface area contributed by atoms with Crippen LogP contribution in [0.2, 0.25) is 0 Å². The minimum atomic E-state index is -0.0714. The van der Waals surface area contributed by atoms with Crippen LogP contribution in [0.25, 0.3) is 0 Å². The van der Waals surface area contributed by atoms with Crippen molar-refractivity contribution >= 4 is 11.7 Å². The third-order valence-corrected chi connectivity index (χ3v) is 5.68. The van der Waals surface area contributed by atoms with Gasteiger partial charge in [0.15, 0.2) is 0 Å². The van der Waals surface area contributed by atoms with Crippen LogP contribution < -0.4 is 5.32 Å². The molecular weight excluding hydrogens is 372 g/mol. The quantitative estimate of drug-likeness (QED) is 0.532. The first-order valence-corrected chi connectivity index (χ1v) is 11.3. The molecule has 0 bridgehead atoms. The van der Waals surface area contributed by atoms with E-state index in [-0.39, 0.29) is 12.1 Å². The number of amides is 2. The first-order valence-electron chi connectivity index (χ1n) is 11.3.